The van der Waals surface area contributed by atoms with Crippen LogP contribution in [0.2, 0.25) is 0 Å². The Hall–Kier alpha value is -2.93. The SMILES string of the molecule is Cc1cccc(NC(=O)[C@@H]2[C@@H]3C=C[C@]4(O3)[C@@H]2C(=O)N(CCC2=CCCCC2)[C@H]4C(=O)N[C@@H]2CCCC[C@@H]2C)c1. The summed E-state index contributed by atoms with van der Waals surface area (Å²) in [5.41, 5.74) is 1.99. The number of amides is 3. The van der Waals surface area contributed by atoms with Crippen LogP contribution in [0.25, 0.3) is 0 Å². The second kappa shape index (κ2) is 10.6. The minimum absolute atomic E-state index is 0.0997. The van der Waals surface area contributed by atoms with Crippen LogP contribution >= 0.6 is 0 Å². The highest BCUT2D eigenvalue weighted by atomic mass is 16.5. The van der Waals surface area contributed by atoms with E-state index < -0.39 is 29.6 Å². The molecular formula is C32H41N3O4. The Bertz CT molecular complexity index is 1210. The van der Waals surface area contributed by atoms with E-state index in [9.17, 15) is 14.4 Å². The number of carbonyl (C=O) groups excluding carboxylic acids is 3. The third-order valence-electron chi connectivity index (χ3n) is 9.71. The Morgan fingerprint density at radius 1 is 1.13 bits per heavy atom. The number of hydrogen-bond acceptors (Lipinski definition) is 4. The first kappa shape index (κ1) is 26.3. The molecule has 3 fully saturated rings. The molecule has 1 spiro atoms. The van der Waals surface area contributed by atoms with E-state index in [1.807, 2.05) is 43.3 Å². The van der Waals surface area contributed by atoms with Gasteiger partial charge in [0.05, 0.1) is 17.9 Å². The molecule has 2 aliphatic carbocycles. The zero-order chi connectivity index (χ0) is 27.1. The maximum absolute atomic E-state index is 14.2. The monoisotopic (exact) mass is 531 g/mol. The molecule has 3 heterocycles. The third-order valence-corrected chi connectivity index (χ3v) is 9.71. The zero-order valence-electron chi connectivity index (χ0n) is 23.2. The van der Waals surface area contributed by atoms with Gasteiger partial charge in [0.15, 0.2) is 0 Å². The van der Waals surface area contributed by atoms with Crippen molar-refractivity contribution in [2.75, 3.05) is 11.9 Å². The number of benzene rings is 1. The number of carbonyl (C=O) groups is 3. The van der Waals surface area contributed by atoms with Crippen molar-refractivity contribution in [3.8, 4) is 0 Å². The van der Waals surface area contributed by atoms with Gasteiger partial charge in [0.2, 0.25) is 17.7 Å². The van der Waals surface area contributed by atoms with Crippen LogP contribution in [0.5, 0.6) is 0 Å². The van der Waals surface area contributed by atoms with E-state index in [0.29, 0.717) is 18.2 Å². The number of hydrogen-bond donors (Lipinski definition) is 2. The molecular weight excluding hydrogens is 490 g/mol. The fourth-order valence-electron chi connectivity index (χ4n) is 7.64. The number of rotatable bonds is 7. The van der Waals surface area contributed by atoms with Crippen LogP contribution in [0.4, 0.5) is 5.69 Å². The van der Waals surface area contributed by atoms with Gasteiger partial charge in [0.25, 0.3) is 0 Å². The van der Waals surface area contributed by atoms with Crippen molar-refractivity contribution in [1.29, 1.82) is 0 Å². The maximum atomic E-state index is 14.2. The first-order valence-corrected chi connectivity index (χ1v) is 14.9. The molecule has 7 atom stereocenters. The van der Waals surface area contributed by atoms with Crippen molar-refractivity contribution in [3.63, 3.8) is 0 Å². The molecule has 7 heteroatoms. The smallest absolute Gasteiger partial charge is 0.246 e. The number of allylic oxidation sites excluding steroid dienone is 1. The van der Waals surface area contributed by atoms with E-state index >= 15 is 0 Å². The molecule has 2 N–H and O–H groups in total. The minimum Gasteiger partial charge on any atom is -0.359 e. The molecule has 5 aliphatic rings. The summed E-state index contributed by atoms with van der Waals surface area (Å²) in [5, 5.41) is 6.34. The summed E-state index contributed by atoms with van der Waals surface area (Å²) in [6.07, 6.45) is 15.2. The van der Waals surface area contributed by atoms with Crippen LogP contribution in [0.15, 0.2) is 48.1 Å². The zero-order valence-corrected chi connectivity index (χ0v) is 23.2. The predicted molar refractivity (Wildman–Crippen MR) is 150 cm³/mol. The van der Waals surface area contributed by atoms with Gasteiger partial charge in [0, 0.05) is 18.3 Å². The molecule has 208 valence electrons. The summed E-state index contributed by atoms with van der Waals surface area (Å²) in [4.78, 5) is 43.6. The number of aryl methyl sites for hydroxylation is 1. The Morgan fingerprint density at radius 3 is 2.74 bits per heavy atom. The van der Waals surface area contributed by atoms with Gasteiger partial charge in [-0.2, -0.15) is 0 Å². The minimum atomic E-state index is -1.11. The lowest BCUT2D eigenvalue weighted by Crippen LogP contribution is -2.57. The quantitative estimate of drug-likeness (QED) is 0.501. The van der Waals surface area contributed by atoms with Gasteiger partial charge in [-0.15, -0.1) is 0 Å². The van der Waals surface area contributed by atoms with Crippen molar-refractivity contribution < 1.29 is 19.1 Å². The van der Waals surface area contributed by atoms with Crippen LogP contribution in [0, 0.1) is 24.7 Å². The third kappa shape index (κ3) is 4.73. The van der Waals surface area contributed by atoms with Gasteiger partial charge in [-0.25, -0.2) is 0 Å². The summed E-state index contributed by atoms with van der Waals surface area (Å²) in [5.74, 6) is -1.50. The van der Waals surface area contributed by atoms with E-state index in [4.69, 9.17) is 4.74 Å². The molecule has 2 saturated heterocycles. The normalized spacial score (nSPS) is 35.1. The molecule has 1 saturated carbocycles. The summed E-state index contributed by atoms with van der Waals surface area (Å²) in [6, 6.07) is 6.98. The lowest BCUT2D eigenvalue weighted by atomic mass is 9.74. The van der Waals surface area contributed by atoms with Gasteiger partial charge >= 0.3 is 0 Å². The van der Waals surface area contributed by atoms with Crippen LogP contribution < -0.4 is 10.6 Å². The lowest BCUT2D eigenvalue weighted by molar-refractivity contribution is -0.141. The second-order valence-corrected chi connectivity index (χ2v) is 12.3. The molecule has 3 amide bonds. The number of anilines is 1. The van der Waals surface area contributed by atoms with Gasteiger partial charge in [-0.3, -0.25) is 14.4 Å². The molecule has 0 aromatic heterocycles. The van der Waals surface area contributed by atoms with Crippen molar-refractivity contribution in [2.45, 2.75) is 95.4 Å². The Labute approximate surface area is 231 Å². The molecule has 3 aliphatic heterocycles. The predicted octanol–water partition coefficient (Wildman–Crippen LogP) is 4.67. The molecule has 7 nitrogen and oxygen atoms in total. The van der Waals surface area contributed by atoms with Crippen LogP contribution in [0.1, 0.15) is 70.3 Å². The van der Waals surface area contributed by atoms with Crippen LogP contribution in [0.3, 0.4) is 0 Å². The van der Waals surface area contributed by atoms with Crippen molar-refractivity contribution >= 4 is 23.4 Å². The second-order valence-electron chi connectivity index (χ2n) is 12.3. The number of ether oxygens (including phenoxy) is 1. The number of fused-ring (bicyclic) bond motifs is 1. The molecule has 1 aromatic carbocycles. The van der Waals surface area contributed by atoms with Crippen LogP contribution in [-0.2, 0) is 19.1 Å². The molecule has 39 heavy (non-hydrogen) atoms. The van der Waals surface area contributed by atoms with Crippen molar-refractivity contribution in [2.24, 2.45) is 17.8 Å². The molecule has 6 rings (SSSR count). The Kier molecular flexibility index (Phi) is 7.13. The standard InChI is InChI=1S/C32H41N3O4/c1-20-9-8-13-23(19-20)33-29(36)26-25-15-17-32(39-25)27(26)31(38)35(18-16-22-11-4-3-5-12-22)28(32)30(37)34-24-14-7-6-10-21(24)2/h8-9,11,13,15,17,19,21,24-28H,3-7,10,12,14,16,18H2,1-2H3,(H,33,36)(H,34,37)/t21-,24+,25-,26+,27-,28-,32-/m0/s1. The fraction of sp³-hybridized carbons (Fsp3) is 0.594. The molecule has 1 aromatic rings. The molecule has 2 bridgehead atoms. The van der Waals surface area contributed by atoms with E-state index in [2.05, 4.69) is 23.6 Å². The topological polar surface area (TPSA) is 87.7 Å². The highest BCUT2D eigenvalue weighted by Gasteiger charge is 2.72. The average Bonchev–Trinajstić information content (AvgIpc) is 3.56. The Balaban J connectivity index is 1.29. The van der Waals surface area contributed by atoms with Gasteiger partial charge < -0.3 is 20.3 Å². The summed E-state index contributed by atoms with van der Waals surface area (Å²) < 4.78 is 6.51. The van der Waals surface area contributed by atoms with Gasteiger partial charge in [0.1, 0.15) is 11.6 Å². The van der Waals surface area contributed by atoms with E-state index in [0.717, 1.165) is 44.1 Å². The van der Waals surface area contributed by atoms with E-state index in [1.54, 1.807) is 4.90 Å². The summed E-state index contributed by atoms with van der Waals surface area (Å²) in [7, 11) is 0. The average molecular weight is 532 g/mol. The van der Waals surface area contributed by atoms with Crippen molar-refractivity contribution in [1.82, 2.24) is 10.2 Å². The van der Waals surface area contributed by atoms with E-state index in [1.165, 1.54) is 24.8 Å². The first-order valence-electron chi connectivity index (χ1n) is 14.9. The van der Waals surface area contributed by atoms with Crippen LogP contribution in [-0.4, -0.2) is 53.0 Å². The fourth-order valence-corrected chi connectivity index (χ4v) is 7.64. The van der Waals surface area contributed by atoms with Gasteiger partial charge in [-0.1, -0.05) is 55.7 Å². The summed E-state index contributed by atoms with van der Waals surface area (Å²) >= 11 is 0. The molecule has 0 radical (unpaired) electrons. The lowest BCUT2D eigenvalue weighted by Gasteiger charge is -2.36. The maximum Gasteiger partial charge on any atom is 0.246 e. The number of nitrogens with one attached hydrogen (secondary N) is 2. The van der Waals surface area contributed by atoms with E-state index in [-0.39, 0.29) is 23.8 Å². The highest BCUT2D eigenvalue weighted by molar-refractivity contribution is 6.02. The summed E-state index contributed by atoms with van der Waals surface area (Å²) in [6.45, 7) is 4.64. The Morgan fingerprint density at radius 2 is 1.97 bits per heavy atom. The van der Waals surface area contributed by atoms with Gasteiger partial charge in [-0.05, 0) is 75.5 Å². The first-order chi connectivity index (χ1) is 18.9. The number of likely N-dealkylation sites (tertiary alicyclic amines) is 1. The highest BCUT2D eigenvalue weighted by Crippen LogP contribution is 2.55. The number of nitrogens with zero attached hydrogens (tertiary/aromatic N) is 1. The largest absolute Gasteiger partial charge is 0.359 e. The molecule has 0 unspecified atom stereocenters. The van der Waals surface area contributed by atoms with Crippen molar-refractivity contribution in [3.05, 3.63) is 53.6 Å².